The van der Waals surface area contributed by atoms with Crippen LogP contribution in [0.5, 0.6) is 0 Å². The van der Waals surface area contributed by atoms with Crippen molar-refractivity contribution in [3.05, 3.63) is 90.0 Å². The molecular weight excluding hydrogens is 396 g/mol. The minimum Gasteiger partial charge on any atom is -0.755 e. The third kappa shape index (κ3) is 7.02. The molecule has 7 heteroatoms. The Bertz CT molecular complexity index is 864. The van der Waals surface area contributed by atoms with E-state index in [1.54, 1.807) is 12.4 Å². The molecule has 2 aromatic heterocycles. The van der Waals surface area contributed by atoms with Gasteiger partial charge in [-0.1, -0.05) is 29.8 Å². The first kappa shape index (κ1) is 22.1. The van der Waals surface area contributed by atoms with Crippen molar-refractivity contribution >= 4 is 17.0 Å². The Morgan fingerprint density at radius 3 is 1.83 bits per heavy atom. The zero-order valence-electron chi connectivity index (χ0n) is 17.2. The second kappa shape index (κ2) is 11.5. The van der Waals surface area contributed by atoms with Crippen molar-refractivity contribution in [3.63, 3.8) is 0 Å². The highest BCUT2D eigenvalue weighted by Crippen LogP contribution is 2.16. The standard InChI is InChI=1S/C23H28N4O2S/c1-20-8-10-23(11-9-20)27(30(28)29)19-18-26(16-12-21-6-2-4-14-24-21)17-13-22-7-3-5-15-25-22/h2-11,14-15H,12-13,16-19H2,1H3,(H,28,29)/p-1. The molecule has 0 saturated carbocycles. The molecule has 3 rings (SSSR count). The predicted octanol–water partition coefficient (Wildman–Crippen LogP) is 3.17. The molecule has 0 N–H and O–H groups in total. The van der Waals surface area contributed by atoms with E-state index in [9.17, 15) is 8.76 Å². The number of nitrogens with zero attached hydrogens (tertiary/aromatic N) is 4. The van der Waals surface area contributed by atoms with Gasteiger partial charge >= 0.3 is 0 Å². The summed E-state index contributed by atoms with van der Waals surface area (Å²) in [4.78, 5) is 11.1. The lowest BCUT2D eigenvalue weighted by molar-refractivity contribution is 0.286. The fraction of sp³-hybridized carbons (Fsp3) is 0.304. The van der Waals surface area contributed by atoms with Crippen LogP contribution in [0.3, 0.4) is 0 Å². The number of aryl methyl sites for hydroxylation is 1. The molecule has 1 unspecified atom stereocenters. The maximum Gasteiger partial charge on any atom is 0.0483 e. The fourth-order valence-electron chi connectivity index (χ4n) is 3.21. The molecule has 30 heavy (non-hydrogen) atoms. The SMILES string of the molecule is Cc1ccc(N(CCN(CCc2ccccn2)CCc2ccccn2)S(=O)[O-])cc1. The first-order chi connectivity index (χ1) is 14.6. The van der Waals surface area contributed by atoms with E-state index in [-0.39, 0.29) is 0 Å². The monoisotopic (exact) mass is 423 g/mol. The van der Waals surface area contributed by atoms with Crippen LogP contribution in [0.1, 0.15) is 17.0 Å². The summed E-state index contributed by atoms with van der Waals surface area (Å²) in [5, 5.41) is 0. The van der Waals surface area contributed by atoms with Gasteiger partial charge in [0.1, 0.15) is 0 Å². The van der Waals surface area contributed by atoms with Crippen molar-refractivity contribution in [1.82, 2.24) is 14.9 Å². The van der Waals surface area contributed by atoms with Gasteiger partial charge in [0.25, 0.3) is 0 Å². The first-order valence-electron chi connectivity index (χ1n) is 10.1. The van der Waals surface area contributed by atoms with E-state index < -0.39 is 11.3 Å². The van der Waals surface area contributed by atoms with Gasteiger partial charge in [-0.15, -0.1) is 0 Å². The molecule has 0 radical (unpaired) electrons. The smallest absolute Gasteiger partial charge is 0.0483 e. The van der Waals surface area contributed by atoms with Gasteiger partial charge in [-0.3, -0.25) is 14.2 Å². The normalized spacial score (nSPS) is 12.1. The van der Waals surface area contributed by atoms with E-state index in [0.29, 0.717) is 18.8 Å². The lowest BCUT2D eigenvalue weighted by Gasteiger charge is -2.30. The molecule has 1 aromatic carbocycles. The summed E-state index contributed by atoms with van der Waals surface area (Å²) in [6.45, 7) is 4.61. The summed E-state index contributed by atoms with van der Waals surface area (Å²) in [6.07, 6.45) is 5.22. The Morgan fingerprint density at radius 1 is 0.800 bits per heavy atom. The van der Waals surface area contributed by atoms with Gasteiger partial charge in [-0.05, 0) is 43.3 Å². The molecule has 0 aliphatic heterocycles. The summed E-state index contributed by atoms with van der Waals surface area (Å²) in [7, 11) is 0. The number of rotatable bonds is 11. The molecule has 1 atom stereocenters. The maximum atomic E-state index is 11.8. The Hall–Kier alpha value is -2.61. The minimum atomic E-state index is -2.33. The Labute approximate surface area is 181 Å². The number of pyridine rings is 2. The molecule has 0 aliphatic rings. The predicted molar refractivity (Wildman–Crippen MR) is 120 cm³/mol. The van der Waals surface area contributed by atoms with Crippen molar-refractivity contribution in [2.45, 2.75) is 19.8 Å². The molecule has 0 saturated heterocycles. The van der Waals surface area contributed by atoms with E-state index in [2.05, 4.69) is 14.9 Å². The van der Waals surface area contributed by atoms with Crippen LogP contribution in [0, 0.1) is 6.92 Å². The molecule has 0 fully saturated rings. The highest BCUT2D eigenvalue weighted by atomic mass is 32.2. The number of hydrogen-bond acceptors (Lipinski definition) is 5. The fourth-order valence-corrected chi connectivity index (χ4v) is 3.73. The minimum absolute atomic E-state index is 0.392. The lowest BCUT2D eigenvalue weighted by Crippen LogP contribution is -2.38. The van der Waals surface area contributed by atoms with E-state index in [0.717, 1.165) is 42.9 Å². The van der Waals surface area contributed by atoms with Crippen molar-refractivity contribution in [1.29, 1.82) is 0 Å². The molecule has 0 bridgehead atoms. The molecule has 158 valence electrons. The van der Waals surface area contributed by atoms with Gasteiger partial charge < -0.3 is 13.8 Å². The molecule has 3 aromatic rings. The van der Waals surface area contributed by atoms with Crippen molar-refractivity contribution in [3.8, 4) is 0 Å². The quantitative estimate of drug-likeness (QED) is 0.443. The second-order valence-electron chi connectivity index (χ2n) is 7.14. The zero-order valence-corrected chi connectivity index (χ0v) is 18.0. The van der Waals surface area contributed by atoms with Crippen LogP contribution in [-0.4, -0.2) is 49.8 Å². The summed E-state index contributed by atoms with van der Waals surface area (Å²) < 4.78 is 25.1. The van der Waals surface area contributed by atoms with Gasteiger partial charge in [-0.2, -0.15) is 0 Å². The molecule has 0 amide bonds. The Morgan fingerprint density at radius 2 is 1.37 bits per heavy atom. The van der Waals surface area contributed by atoms with E-state index in [1.807, 2.05) is 67.6 Å². The van der Waals surface area contributed by atoms with E-state index in [1.165, 1.54) is 4.31 Å². The van der Waals surface area contributed by atoms with Gasteiger partial charge in [0, 0.05) is 79.8 Å². The maximum absolute atomic E-state index is 11.8. The molecule has 2 heterocycles. The molecule has 0 spiro atoms. The van der Waals surface area contributed by atoms with Crippen LogP contribution in [0.2, 0.25) is 0 Å². The van der Waals surface area contributed by atoms with Crippen LogP contribution in [0.25, 0.3) is 0 Å². The summed E-state index contributed by atoms with van der Waals surface area (Å²) >= 11 is -2.33. The number of benzene rings is 1. The van der Waals surface area contributed by atoms with Crippen molar-refractivity contribution in [2.24, 2.45) is 0 Å². The van der Waals surface area contributed by atoms with Crippen molar-refractivity contribution < 1.29 is 8.76 Å². The molecular formula is C23H27N4O2S-. The molecule has 0 aliphatic carbocycles. The second-order valence-corrected chi connectivity index (χ2v) is 8.01. The van der Waals surface area contributed by atoms with Gasteiger partial charge in [0.2, 0.25) is 0 Å². The third-order valence-corrected chi connectivity index (χ3v) is 5.70. The van der Waals surface area contributed by atoms with Crippen LogP contribution >= 0.6 is 0 Å². The van der Waals surface area contributed by atoms with E-state index >= 15 is 0 Å². The van der Waals surface area contributed by atoms with Crippen LogP contribution in [-0.2, 0) is 24.1 Å². The van der Waals surface area contributed by atoms with Gasteiger partial charge in [-0.25, -0.2) is 0 Å². The first-order valence-corrected chi connectivity index (χ1v) is 11.1. The van der Waals surface area contributed by atoms with Gasteiger partial charge in [0.05, 0.1) is 0 Å². The summed E-state index contributed by atoms with van der Waals surface area (Å²) in [6, 6.07) is 19.4. The van der Waals surface area contributed by atoms with Crippen LogP contribution in [0.15, 0.2) is 73.1 Å². The van der Waals surface area contributed by atoms with Crippen molar-refractivity contribution in [2.75, 3.05) is 30.5 Å². The number of aromatic nitrogens is 2. The lowest BCUT2D eigenvalue weighted by atomic mass is 10.2. The molecule has 6 nitrogen and oxygen atoms in total. The summed E-state index contributed by atoms with van der Waals surface area (Å²) in [5.74, 6) is 0. The topological polar surface area (TPSA) is 72.4 Å². The highest BCUT2D eigenvalue weighted by Gasteiger charge is 2.12. The zero-order chi connectivity index (χ0) is 21.2. The summed E-state index contributed by atoms with van der Waals surface area (Å²) in [5.41, 5.74) is 3.84. The third-order valence-electron chi connectivity index (χ3n) is 4.94. The average Bonchev–Trinajstić information content (AvgIpc) is 2.77. The Balaban J connectivity index is 1.64. The van der Waals surface area contributed by atoms with E-state index in [4.69, 9.17) is 0 Å². The number of hydrogen-bond donors (Lipinski definition) is 0. The number of anilines is 1. The largest absolute Gasteiger partial charge is 0.755 e. The van der Waals surface area contributed by atoms with Gasteiger partial charge in [0.15, 0.2) is 0 Å². The highest BCUT2D eigenvalue weighted by molar-refractivity contribution is 7.80. The Kier molecular flexibility index (Phi) is 8.50. The van der Waals surface area contributed by atoms with Crippen LogP contribution in [0.4, 0.5) is 5.69 Å². The van der Waals surface area contributed by atoms with Crippen LogP contribution < -0.4 is 4.31 Å². The average molecular weight is 424 g/mol.